The molecular formula is C23H32N2O2. The first-order valence-electron chi connectivity index (χ1n) is 10.8. The Hall–Kier alpha value is -1.84. The molecule has 0 radical (unpaired) electrons. The molecule has 0 aromatic heterocycles. The average Bonchev–Trinajstić information content (AvgIpc) is 3.05. The van der Waals surface area contributed by atoms with Crippen LogP contribution in [-0.2, 0) is 11.2 Å². The van der Waals surface area contributed by atoms with E-state index in [0.717, 1.165) is 49.7 Å². The summed E-state index contributed by atoms with van der Waals surface area (Å²) in [5, 5.41) is 3.34. The molecule has 0 saturated heterocycles. The Morgan fingerprint density at radius 3 is 2.33 bits per heavy atom. The van der Waals surface area contributed by atoms with Crippen molar-refractivity contribution >= 4 is 11.8 Å². The summed E-state index contributed by atoms with van der Waals surface area (Å²) < 4.78 is 0. The number of rotatable bonds is 3. The first-order chi connectivity index (χ1) is 13.1. The van der Waals surface area contributed by atoms with Crippen molar-refractivity contribution in [3.05, 3.63) is 35.4 Å². The number of amides is 2. The van der Waals surface area contributed by atoms with E-state index in [1.807, 2.05) is 36.1 Å². The maximum absolute atomic E-state index is 13.5. The number of benzene rings is 1. The molecule has 1 aromatic carbocycles. The molecule has 1 aliphatic heterocycles. The van der Waals surface area contributed by atoms with Gasteiger partial charge in [0.1, 0.15) is 5.54 Å². The highest BCUT2D eigenvalue weighted by atomic mass is 16.2. The predicted octanol–water partition coefficient (Wildman–Crippen LogP) is 4.23. The quantitative estimate of drug-likeness (QED) is 0.812. The molecular weight excluding hydrogens is 336 g/mol. The van der Waals surface area contributed by atoms with E-state index in [1.54, 1.807) is 0 Å². The van der Waals surface area contributed by atoms with Crippen LogP contribution in [0.5, 0.6) is 0 Å². The number of carbonyl (C=O) groups is 2. The Labute approximate surface area is 162 Å². The molecule has 1 atom stereocenters. The minimum Gasteiger partial charge on any atom is -0.351 e. The van der Waals surface area contributed by atoms with E-state index in [2.05, 4.69) is 5.32 Å². The molecule has 27 heavy (non-hydrogen) atoms. The van der Waals surface area contributed by atoms with Crippen LogP contribution >= 0.6 is 0 Å². The highest BCUT2D eigenvalue weighted by molar-refractivity contribution is 6.02. The smallest absolute Gasteiger partial charge is 0.255 e. The second-order valence-electron chi connectivity index (χ2n) is 8.88. The van der Waals surface area contributed by atoms with Gasteiger partial charge in [-0.05, 0) is 44.2 Å². The fourth-order valence-corrected chi connectivity index (χ4v) is 5.38. The first kappa shape index (κ1) is 18.5. The van der Waals surface area contributed by atoms with E-state index in [4.69, 9.17) is 0 Å². The molecule has 2 fully saturated rings. The van der Waals surface area contributed by atoms with Gasteiger partial charge in [-0.2, -0.15) is 0 Å². The van der Waals surface area contributed by atoms with Crippen LogP contribution in [0.2, 0.25) is 0 Å². The lowest BCUT2D eigenvalue weighted by Gasteiger charge is -2.47. The first-order valence-corrected chi connectivity index (χ1v) is 10.8. The van der Waals surface area contributed by atoms with Crippen LogP contribution in [-0.4, -0.2) is 34.3 Å². The Morgan fingerprint density at radius 1 is 1.00 bits per heavy atom. The van der Waals surface area contributed by atoms with Crippen LogP contribution < -0.4 is 5.32 Å². The lowest BCUT2D eigenvalue weighted by atomic mass is 9.81. The third-order valence-corrected chi connectivity index (χ3v) is 6.90. The number of hydrogen-bond acceptors (Lipinski definition) is 2. The van der Waals surface area contributed by atoms with E-state index in [1.165, 1.54) is 25.7 Å². The number of nitrogens with one attached hydrogen (secondary N) is 1. The van der Waals surface area contributed by atoms with Gasteiger partial charge in [0.25, 0.3) is 5.91 Å². The molecule has 0 spiro atoms. The average molecular weight is 369 g/mol. The monoisotopic (exact) mass is 368 g/mol. The van der Waals surface area contributed by atoms with Crippen LogP contribution in [0, 0.1) is 0 Å². The number of hydrogen-bond donors (Lipinski definition) is 1. The zero-order chi connectivity index (χ0) is 18.9. The molecule has 4 nitrogen and oxygen atoms in total. The van der Waals surface area contributed by atoms with E-state index in [-0.39, 0.29) is 23.9 Å². The van der Waals surface area contributed by atoms with Crippen LogP contribution in [0.15, 0.2) is 24.3 Å². The van der Waals surface area contributed by atoms with Crippen LogP contribution in [0.25, 0.3) is 0 Å². The maximum Gasteiger partial charge on any atom is 0.255 e. The summed E-state index contributed by atoms with van der Waals surface area (Å²) in [6.07, 6.45) is 12.0. The Balaban J connectivity index is 1.64. The maximum atomic E-state index is 13.5. The molecule has 2 aliphatic carbocycles. The van der Waals surface area contributed by atoms with Gasteiger partial charge in [-0.25, -0.2) is 0 Å². The lowest BCUT2D eigenvalue weighted by molar-refractivity contribution is -0.133. The van der Waals surface area contributed by atoms with E-state index < -0.39 is 5.54 Å². The van der Waals surface area contributed by atoms with Crippen LogP contribution in [0.3, 0.4) is 0 Å². The van der Waals surface area contributed by atoms with Gasteiger partial charge in [-0.15, -0.1) is 0 Å². The zero-order valence-electron chi connectivity index (χ0n) is 16.5. The van der Waals surface area contributed by atoms with Crippen LogP contribution in [0.1, 0.15) is 87.1 Å². The molecule has 1 N–H and O–H groups in total. The zero-order valence-corrected chi connectivity index (χ0v) is 16.5. The molecule has 0 bridgehead atoms. The summed E-state index contributed by atoms with van der Waals surface area (Å²) in [7, 11) is 0. The second kappa shape index (κ2) is 7.65. The Kier molecular flexibility index (Phi) is 5.25. The summed E-state index contributed by atoms with van der Waals surface area (Å²) >= 11 is 0. The molecule has 146 valence electrons. The summed E-state index contributed by atoms with van der Waals surface area (Å²) in [5.41, 5.74) is 1.01. The molecule has 4 rings (SSSR count). The van der Waals surface area contributed by atoms with Gasteiger partial charge in [-0.3, -0.25) is 9.59 Å². The van der Waals surface area contributed by atoms with Crippen molar-refractivity contribution in [3.63, 3.8) is 0 Å². The van der Waals surface area contributed by atoms with Crippen molar-refractivity contribution in [3.8, 4) is 0 Å². The topological polar surface area (TPSA) is 49.4 Å². The van der Waals surface area contributed by atoms with E-state index in [0.29, 0.717) is 6.42 Å². The predicted molar refractivity (Wildman–Crippen MR) is 107 cm³/mol. The highest BCUT2D eigenvalue weighted by Crippen LogP contribution is 2.37. The molecule has 2 saturated carbocycles. The van der Waals surface area contributed by atoms with Gasteiger partial charge < -0.3 is 10.2 Å². The van der Waals surface area contributed by atoms with Crippen molar-refractivity contribution < 1.29 is 9.59 Å². The van der Waals surface area contributed by atoms with Gasteiger partial charge in [0.2, 0.25) is 5.91 Å². The summed E-state index contributed by atoms with van der Waals surface area (Å²) in [6, 6.07) is 8.28. The fraction of sp³-hybridized carbons (Fsp3) is 0.652. The summed E-state index contributed by atoms with van der Waals surface area (Å²) in [6.45, 7) is 1.99. The van der Waals surface area contributed by atoms with Crippen molar-refractivity contribution in [1.82, 2.24) is 10.2 Å². The van der Waals surface area contributed by atoms with Gasteiger partial charge in [0.05, 0.1) is 0 Å². The minimum absolute atomic E-state index is 0.0438. The number of fused-ring (bicyclic) bond motifs is 1. The third kappa shape index (κ3) is 3.51. The van der Waals surface area contributed by atoms with Crippen molar-refractivity contribution in [2.45, 2.75) is 95.2 Å². The Bertz CT molecular complexity index is 702. The SMILES string of the molecule is C[C@@]1(C(=O)NC2CCCCCC2)Cc2ccccc2C(=O)N1C1CCCC1. The molecule has 1 aromatic rings. The van der Waals surface area contributed by atoms with E-state index >= 15 is 0 Å². The minimum atomic E-state index is -0.785. The van der Waals surface area contributed by atoms with Crippen molar-refractivity contribution in [2.75, 3.05) is 0 Å². The third-order valence-electron chi connectivity index (χ3n) is 6.90. The number of nitrogens with zero attached hydrogens (tertiary/aromatic N) is 1. The molecule has 0 unspecified atom stereocenters. The van der Waals surface area contributed by atoms with Gasteiger partial charge in [0.15, 0.2) is 0 Å². The van der Waals surface area contributed by atoms with Crippen molar-refractivity contribution in [2.24, 2.45) is 0 Å². The van der Waals surface area contributed by atoms with Gasteiger partial charge in [-0.1, -0.05) is 56.7 Å². The summed E-state index contributed by atoms with van der Waals surface area (Å²) in [5.74, 6) is 0.0893. The summed E-state index contributed by atoms with van der Waals surface area (Å²) in [4.78, 5) is 28.9. The normalized spacial score (nSPS) is 27.3. The van der Waals surface area contributed by atoms with Crippen molar-refractivity contribution in [1.29, 1.82) is 0 Å². The highest BCUT2D eigenvalue weighted by Gasteiger charge is 2.50. The standard InChI is InChI=1S/C23H32N2O2/c1-23(22(27)24-18-11-4-2-3-5-12-18)16-17-10-6-9-15-20(17)21(26)25(23)19-13-7-8-14-19/h6,9-10,15,18-19H,2-5,7-8,11-14,16H2,1H3,(H,24,27)/t23-/m0/s1. The van der Waals surface area contributed by atoms with Gasteiger partial charge >= 0.3 is 0 Å². The number of carbonyl (C=O) groups excluding carboxylic acids is 2. The molecule has 4 heteroatoms. The molecule has 1 heterocycles. The Morgan fingerprint density at radius 2 is 1.63 bits per heavy atom. The van der Waals surface area contributed by atoms with Gasteiger partial charge in [0, 0.05) is 24.1 Å². The van der Waals surface area contributed by atoms with Crippen LogP contribution in [0.4, 0.5) is 0 Å². The largest absolute Gasteiger partial charge is 0.351 e. The molecule has 3 aliphatic rings. The van der Waals surface area contributed by atoms with E-state index in [9.17, 15) is 9.59 Å². The molecule has 2 amide bonds. The fourth-order valence-electron chi connectivity index (χ4n) is 5.38. The second-order valence-corrected chi connectivity index (χ2v) is 8.88. The lowest BCUT2D eigenvalue weighted by Crippen LogP contribution is -2.65.